The van der Waals surface area contributed by atoms with Crippen LogP contribution in [0.5, 0.6) is 0 Å². The third-order valence-corrected chi connectivity index (χ3v) is 6.24. The van der Waals surface area contributed by atoms with E-state index in [4.69, 9.17) is 9.90 Å². The van der Waals surface area contributed by atoms with Crippen LogP contribution in [0, 0.1) is 5.82 Å². The van der Waals surface area contributed by atoms with Crippen molar-refractivity contribution in [2.45, 2.75) is 17.9 Å². The van der Waals surface area contributed by atoms with Crippen molar-refractivity contribution in [3.8, 4) is 0 Å². The zero-order valence-electron chi connectivity index (χ0n) is 15.7. The summed E-state index contributed by atoms with van der Waals surface area (Å²) < 4.78 is 41.0. The van der Waals surface area contributed by atoms with E-state index in [2.05, 4.69) is 22.1 Å². The minimum Gasteiger partial charge on any atom is -0.483 e. The minimum absolute atomic E-state index is 0.0847. The van der Waals surface area contributed by atoms with Crippen LogP contribution in [-0.4, -0.2) is 54.6 Å². The standard InChI is InChI=1S/C18H19FN4O2S.CH2O2/c1-13-11-22(9-8-20-13)17-12-23(16-6-3-7-21-18(16)17)26(24,25)15-5-2-4-14(19)10-15;2-1-3/h2-7,10,12-13,20H,8-9,11H2,1H3;1H,(H,2,3). The van der Waals surface area contributed by atoms with Crippen LogP contribution >= 0.6 is 0 Å². The molecule has 10 heteroatoms. The van der Waals surface area contributed by atoms with Crippen LogP contribution < -0.4 is 10.2 Å². The molecule has 3 aromatic rings. The van der Waals surface area contributed by atoms with Gasteiger partial charge in [0.1, 0.15) is 11.3 Å². The van der Waals surface area contributed by atoms with Gasteiger partial charge in [-0.15, -0.1) is 0 Å². The van der Waals surface area contributed by atoms with Gasteiger partial charge in [-0.05, 0) is 37.3 Å². The molecule has 154 valence electrons. The van der Waals surface area contributed by atoms with Crippen molar-refractivity contribution in [1.29, 1.82) is 0 Å². The molecule has 0 spiro atoms. The molecular formula is C19H21FN4O4S. The second kappa shape index (κ2) is 8.58. The first-order valence-corrected chi connectivity index (χ1v) is 10.4. The Hall–Kier alpha value is -2.98. The quantitative estimate of drug-likeness (QED) is 0.624. The van der Waals surface area contributed by atoms with Gasteiger partial charge in [-0.2, -0.15) is 0 Å². The molecule has 29 heavy (non-hydrogen) atoms. The van der Waals surface area contributed by atoms with E-state index in [1.165, 1.54) is 22.2 Å². The maximum absolute atomic E-state index is 13.6. The summed E-state index contributed by atoms with van der Waals surface area (Å²) in [5, 5.41) is 10.3. The van der Waals surface area contributed by atoms with Gasteiger partial charge in [0.15, 0.2) is 0 Å². The van der Waals surface area contributed by atoms with Crippen molar-refractivity contribution in [2.75, 3.05) is 24.5 Å². The highest BCUT2D eigenvalue weighted by Crippen LogP contribution is 2.31. The molecule has 1 aliphatic rings. The molecule has 2 N–H and O–H groups in total. The Kier molecular flexibility index (Phi) is 6.14. The van der Waals surface area contributed by atoms with Gasteiger partial charge < -0.3 is 15.3 Å². The van der Waals surface area contributed by atoms with E-state index in [0.717, 1.165) is 31.4 Å². The number of halogens is 1. The van der Waals surface area contributed by atoms with Crippen molar-refractivity contribution >= 4 is 33.2 Å². The lowest BCUT2D eigenvalue weighted by molar-refractivity contribution is -0.122. The number of nitrogens with one attached hydrogen (secondary N) is 1. The molecule has 4 rings (SSSR count). The van der Waals surface area contributed by atoms with E-state index in [0.29, 0.717) is 17.1 Å². The van der Waals surface area contributed by atoms with Crippen LogP contribution in [0.25, 0.3) is 11.0 Å². The Bertz CT molecular complexity index is 1120. The predicted octanol–water partition coefficient (Wildman–Crippen LogP) is 1.91. The molecule has 1 saturated heterocycles. The first-order valence-electron chi connectivity index (χ1n) is 8.92. The Balaban J connectivity index is 0.000000755. The van der Waals surface area contributed by atoms with Gasteiger partial charge in [0.05, 0.1) is 16.1 Å². The normalized spacial score (nSPS) is 16.9. The van der Waals surface area contributed by atoms with Gasteiger partial charge in [0.25, 0.3) is 16.5 Å². The van der Waals surface area contributed by atoms with E-state index in [9.17, 15) is 12.8 Å². The number of rotatable bonds is 3. The molecular weight excluding hydrogens is 399 g/mol. The van der Waals surface area contributed by atoms with Gasteiger partial charge in [-0.1, -0.05) is 6.07 Å². The number of piperazine rings is 1. The van der Waals surface area contributed by atoms with Gasteiger partial charge in [-0.25, -0.2) is 16.8 Å². The summed E-state index contributed by atoms with van der Waals surface area (Å²) in [5.41, 5.74) is 1.88. The topological polar surface area (TPSA) is 105 Å². The highest BCUT2D eigenvalue weighted by Gasteiger charge is 2.26. The summed E-state index contributed by atoms with van der Waals surface area (Å²) >= 11 is 0. The molecule has 0 aliphatic carbocycles. The Morgan fingerprint density at radius 3 is 2.76 bits per heavy atom. The zero-order chi connectivity index (χ0) is 21.0. The molecule has 1 aromatic carbocycles. The first kappa shape index (κ1) is 20.7. The maximum Gasteiger partial charge on any atom is 0.290 e. The Labute approximate surface area is 167 Å². The largest absolute Gasteiger partial charge is 0.483 e. The number of aromatic nitrogens is 2. The Morgan fingerprint density at radius 1 is 1.31 bits per heavy atom. The lowest BCUT2D eigenvalue weighted by Crippen LogP contribution is -2.49. The third kappa shape index (κ3) is 4.22. The molecule has 2 aromatic heterocycles. The van der Waals surface area contributed by atoms with E-state index in [1.807, 2.05) is 0 Å². The molecule has 1 aliphatic heterocycles. The van der Waals surface area contributed by atoms with E-state index < -0.39 is 15.8 Å². The van der Waals surface area contributed by atoms with Gasteiger partial charge in [0.2, 0.25) is 0 Å². The van der Waals surface area contributed by atoms with Crippen LogP contribution in [-0.2, 0) is 14.8 Å². The fourth-order valence-electron chi connectivity index (χ4n) is 3.34. The number of benzene rings is 1. The average molecular weight is 420 g/mol. The van der Waals surface area contributed by atoms with Gasteiger partial charge in [-0.3, -0.25) is 9.78 Å². The van der Waals surface area contributed by atoms with Crippen molar-refractivity contribution in [1.82, 2.24) is 14.3 Å². The smallest absolute Gasteiger partial charge is 0.290 e. The summed E-state index contributed by atoms with van der Waals surface area (Å²) in [6, 6.07) is 8.76. The predicted molar refractivity (Wildman–Crippen MR) is 107 cm³/mol. The number of pyridine rings is 1. The summed E-state index contributed by atoms with van der Waals surface area (Å²) in [6.07, 6.45) is 3.24. The molecule has 0 amide bonds. The lowest BCUT2D eigenvalue weighted by Gasteiger charge is -2.32. The van der Waals surface area contributed by atoms with E-state index in [-0.39, 0.29) is 11.4 Å². The summed E-state index contributed by atoms with van der Waals surface area (Å²) in [7, 11) is -3.93. The number of fused-ring (bicyclic) bond motifs is 1. The maximum atomic E-state index is 13.6. The van der Waals surface area contributed by atoms with Crippen LogP contribution in [0.1, 0.15) is 6.92 Å². The van der Waals surface area contributed by atoms with Crippen LogP contribution in [0.15, 0.2) is 53.7 Å². The van der Waals surface area contributed by atoms with Crippen molar-refractivity contribution < 1.29 is 22.7 Å². The number of carbonyl (C=O) groups is 1. The van der Waals surface area contributed by atoms with Crippen molar-refractivity contribution in [3.05, 3.63) is 54.6 Å². The lowest BCUT2D eigenvalue weighted by atomic mass is 10.2. The van der Waals surface area contributed by atoms with Crippen LogP contribution in [0.2, 0.25) is 0 Å². The highest BCUT2D eigenvalue weighted by atomic mass is 32.2. The van der Waals surface area contributed by atoms with Crippen LogP contribution in [0.4, 0.5) is 10.1 Å². The molecule has 0 radical (unpaired) electrons. The molecule has 1 fully saturated rings. The van der Waals surface area contributed by atoms with E-state index >= 15 is 0 Å². The summed E-state index contributed by atoms with van der Waals surface area (Å²) in [5.74, 6) is -0.586. The van der Waals surface area contributed by atoms with Crippen molar-refractivity contribution in [2.24, 2.45) is 0 Å². The monoisotopic (exact) mass is 420 g/mol. The fraction of sp³-hybridized carbons (Fsp3) is 0.263. The highest BCUT2D eigenvalue weighted by molar-refractivity contribution is 7.90. The molecule has 0 saturated carbocycles. The third-order valence-electron chi connectivity index (χ3n) is 4.57. The number of hydrogen-bond donors (Lipinski definition) is 2. The molecule has 0 bridgehead atoms. The molecule has 1 atom stereocenters. The number of anilines is 1. The number of carboxylic acid groups (broad SMARTS) is 1. The number of hydrogen-bond acceptors (Lipinski definition) is 6. The summed E-state index contributed by atoms with van der Waals surface area (Å²) in [6.45, 7) is 4.18. The molecule has 8 nitrogen and oxygen atoms in total. The average Bonchev–Trinajstić information content (AvgIpc) is 3.09. The SMILES string of the molecule is CC1CN(c2cn(S(=O)(=O)c3cccc(F)c3)c3cccnc23)CCN1.O=CO. The van der Waals surface area contributed by atoms with Gasteiger partial charge in [0, 0.05) is 38.1 Å². The first-order chi connectivity index (χ1) is 13.9. The van der Waals surface area contributed by atoms with E-state index in [1.54, 1.807) is 24.5 Å². The summed E-state index contributed by atoms with van der Waals surface area (Å²) in [4.78, 5) is 14.8. The number of nitrogens with zero attached hydrogens (tertiary/aromatic N) is 3. The second-order valence-electron chi connectivity index (χ2n) is 6.55. The molecule has 1 unspecified atom stereocenters. The van der Waals surface area contributed by atoms with Crippen LogP contribution in [0.3, 0.4) is 0 Å². The van der Waals surface area contributed by atoms with Crippen molar-refractivity contribution in [3.63, 3.8) is 0 Å². The minimum atomic E-state index is -3.93. The Morgan fingerprint density at radius 2 is 2.07 bits per heavy atom. The second-order valence-corrected chi connectivity index (χ2v) is 8.37. The fourth-order valence-corrected chi connectivity index (χ4v) is 4.72. The zero-order valence-corrected chi connectivity index (χ0v) is 16.5. The van der Waals surface area contributed by atoms with Gasteiger partial charge >= 0.3 is 0 Å². The molecule has 3 heterocycles.